The van der Waals surface area contributed by atoms with E-state index in [0.717, 1.165) is 28.0 Å². The maximum absolute atomic E-state index is 5.43. The molecule has 0 bridgehead atoms. The van der Waals surface area contributed by atoms with E-state index in [2.05, 4.69) is 35.1 Å². The van der Waals surface area contributed by atoms with Crippen LogP contribution in [-0.4, -0.2) is 28.6 Å². The largest absolute Gasteiger partial charge is 0.493 e. The molecular weight excluding hydrogens is 358 g/mol. The normalized spacial score (nSPS) is 10.9. The Bertz CT molecular complexity index is 1190. The van der Waals surface area contributed by atoms with Gasteiger partial charge in [0.15, 0.2) is 11.5 Å². The summed E-state index contributed by atoms with van der Waals surface area (Å²) < 4.78 is 13.2. The third-order valence-electron chi connectivity index (χ3n) is 4.54. The molecule has 0 aliphatic rings. The standard InChI is InChI=1S/C21H19N3O2S/c1-13-5-4-6-14(9-13)16-11-22-21(27)24-12-17(23-20(16)24)15-7-8-18(25-2)19(10-15)26-3/h4-12,23H,1-3H3. The number of imidazole rings is 1. The molecule has 0 saturated carbocycles. The topological polar surface area (TPSA) is 51.5 Å². The van der Waals surface area contributed by atoms with Crippen LogP contribution in [0.2, 0.25) is 0 Å². The molecule has 2 aromatic carbocycles. The van der Waals surface area contributed by atoms with Crippen LogP contribution in [-0.2, 0) is 0 Å². The summed E-state index contributed by atoms with van der Waals surface area (Å²) in [5.41, 5.74) is 6.09. The summed E-state index contributed by atoms with van der Waals surface area (Å²) in [4.78, 5) is 7.88. The molecule has 2 heterocycles. The van der Waals surface area contributed by atoms with Crippen molar-refractivity contribution in [2.24, 2.45) is 0 Å². The van der Waals surface area contributed by atoms with Crippen molar-refractivity contribution < 1.29 is 9.47 Å². The number of H-pyrrole nitrogens is 1. The van der Waals surface area contributed by atoms with Crippen LogP contribution in [0.1, 0.15) is 5.56 Å². The monoisotopic (exact) mass is 377 g/mol. The van der Waals surface area contributed by atoms with Crippen molar-refractivity contribution in [1.82, 2.24) is 14.4 Å². The van der Waals surface area contributed by atoms with Crippen molar-refractivity contribution in [3.8, 4) is 33.9 Å². The lowest BCUT2D eigenvalue weighted by Gasteiger charge is -2.08. The fourth-order valence-corrected chi connectivity index (χ4v) is 3.38. The molecule has 4 rings (SSSR count). The van der Waals surface area contributed by atoms with Crippen LogP contribution in [0, 0.1) is 11.7 Å². The molecule has 0 aliphatic heterocycles. The van der Waals surface area contributed by atoms with Crippen molar-refractivity contribution in [2.45, 2.75) is 6.92 Å². The summed E-state index contributed by atoms with van der Waals surface area (Å²) in [6.07, 6.45) is 3.78. The van der Waals surface area contributed by atoms with Gasteiger partial charge in [0, 0.05) is 23.5 Å². The quantitative estimate of drug-likeness (QED) is 0.506. The predicted octanol–water partition coefficient (Wildman–Crippen LogP) is 5.05. The smallest absolute Gasteiger partial charge is 0.205 e. The first-order valence-corrected chi connectivity index (χ1v) is 8.91. The average molecular weight is 377 g/mol. The van der Waals surface area contributed by atoms with Gasteiger partial charge in [0.25, 0.3) is 0 Å². The average Bonchev–Trinajstić information content (AvgIpc) is 3.14. The van der Waals surface area contributed by atoms with Crippen LogP contribution < -0.4 is 9.47 Å². The van der Waals surface area contributed by atoms with E-state index in [9.17, 15) is 0 Å². The molecule has 2 aromatic heterocycles. The van der Waals surface area contributed by atoms with E-state index in [1.807, 2.05) is 41.1 Å². The Morgan fingerprint density at radius 3 is 2.56 bits per heavy atom. The van der Waals surface area contributed by atoms with Crippen LogP contribution >= 0.6 is 12.2 Å². The van der Waals surface area contributed by atoms with Crippen LogP contribution in [0.15, 0.2) is 54.9 Å². The maximum atomic E-state index is 5.43. The number of nitrogens with one attached hydrogen (secondary N) is 1. The van der Waals surface area contributed by atoms with Crippen LogP contribution in [0.25, 0.3) is 28.0 Å². The van der Waals surface area contributed by atoms with Crippen molar-refractivity contribution in [1.29, 1.82) is 0 Å². The van der Waals surface area contributed by atoms with Crippen LogP contribution in [0.4, 0.5) is 0 Å². The van der Waals surface area contributed by atoms with Gasteiger partial charge in [-0.25, -0.2) is 4.98 Å². The molecule has 4 aromatic rings. The Hall–Kier alpha value is -3.12. The first kappa shape index (κ1) is 17.3. The van der Waals surface area contributed by atoms with Crippen molar-refractivity contribution in [3.63, 3.8) is 0 Å². The number of ether oxygens (including phenoxy) is 2. The first-order chi connectivity index (χ1) is 13.1. The minimum atomic E-state index is 0.504. The predicted molar refractivity (Wildman–Crippen MR) is 109 cm³/mol. The van der Waals surface area contributed by atoms with Gasteiger partial charge < -0.3 is 14.5 Å². The summed E-state index contributed by atoms with van der Waals surface area (Å²) in [5, 5.41) is 0. The number of fused-ring (bicyclic) bond motifs is 1. The van der Waals surface area contributed by atoms with E-state index in [0.29, 0.717) is 16.3 Å². The Morgan fingerprint density at radius 2 is 1.81 bits per heavy atom. The zero-order valence-corrected chi connectivity index (χ0v) is 16.1. The summed E-state index contributed by atoms with van der Waals surface area (Å²) in [7, 11) is 3.25. The van der Waals surface area contributed by atoms with Gasteiger partial charge in [-0.2, -0.15) is 0 Å². The summed E-state index contributed by atoms with van der Waals surface area (Å²) in [5.74, 6) is 1.37. The molecule has 0 atom stereocenters. The zero-order chi connectivity index (χ0) is 19.0. The second-order valence-electron chi connectivity index (χ2n) is 6.28. The third kappa shape index (κ3) is 3.08. The summed E-state index contributed by atoms with van der Waals surface area (Å²) >= 11 is 5.43. The molecule has 136 valence electrons. The van der Waals surface area contributed by atoms with Crippen molar-refractivity contribution in [3.05, 3.63) is 65.2 Å². The van der Waals surface area contributed by atoms with E-state index in [-0.39, 0.29) is 0 Å². The number of aromatic nitrogens is 3. The van der Waals surface area contributed by atoms with Gasteiger partial charge in [-0.15, -0.1) is 0 Å². The molecule has 0 radical (unpaired) electrons. The highest BCUT2D eigenvalue weighted by molar-refractivity contribution is 7.71. The minimum Gasteiger partial charge on any atom is -0.493 e. The van der Waals surface area contributed by atoms with Gasteiger partial charge in [0.1, 0.15) is 5.65 Å². The summed E-state index contributed by atoms with van der Waals surface area (Å²) in [6, 6.07) is 14.1. The SMILES string of the molecule is COc1ccc(-c2cn3c(=S)ncc(-c4cccc(C)c4)c3[nH]2)cc1OC. The molecule has 0 amide bonds. The lowest BCUT2D eigenvalue weighted by atomic mass is 10.1. The molecule has 27 heavy (non-hydrogen) atoms. The number of rotatable bonds is 4. The van der Waals surface area contributed by atoms with Crippen molar-refractivity contribution in [2.75, 3.05) is 14.2 Å². The first-order valence-electron chi connectivity index (χ1n) is 8.50. The van der Waals surface area contributed by atoms with Gasteiger partial charge in [-0.1, -0.05) is 29.8 Å². The molecule has 6 heteroatoms. The lowest BCUT2D eigenvalue weighted by molar-refractivity contribution is 0.355. The number of hydrogen-bond acceptors (Lipinski definition) is 4. The van der Waals surface area contributed by atoms with E-state index in [1.54, 1.807) is 14.2 Å². The number of aromatic amines is 1. The Morgan fingerprint density at radius 1 is 1.00 bits per heavy atom. The second kappa shape index (κ2) is 6.89. The number of methoxy groups -OCH3 is 2. The minimum absolute atomic E-state index is 0.504. The Balaban J connectivity index is 1.91. The van der Waals surface area contributed by atoms with Gasteiger partial charge >= 0.3 is 0 Å². The zero-order valence-electron chi connectivity index (χ0n) is 15.3. The van der Waals surface area contributed by atoms with E-state index in [4.69, 9.17) is 21.7 Å². The Labute approximate surface area is 162 Å². The number of hydrogen-bond donors (Lipinski definition) is 1. The van der Waals surface area contributed by atoms with Gasteiger partial charge in [0.2, 0.25) is 4.77 Å². The van der Waals surface area contributed by atoms with Crippen LogP contribution in [0.5, 0.6) is 11.5 Å². The molecular formula is C21H19N3O2S. The van der Waals surface area contributed by atoms with E-state index in [1.165, 1.54) is 5.56 Å². The second-order valence-corrected chi connectivity index (χ2v) is 6.65. The van der Waals surface area contributed by atoms with E-state index < -0.39 is 0 Å². The van der Waals surface area contributed by atoms with Crippen LogP contribution in [0.3, 0.4) is 0 Å². The summed E-state index contributed by atoms with van der Waals surface area (Å²) in [6.45, 7) is 2.08. The van der Waals surface area contributed by atoms with Gasteiger partial charge in [-0.05, 0) is 42.9 Å². The molecule has 0 fully saturated rings. The number of aryl methyl sites for hydroxylation is 1. The number of benzene rings is 2. The fourth-order valence-electron chi connectivity index (χ4n) is 3.18. The van der Waals surface area contributed by atoms with Crippen molar-refractivity contribution >= 4 is 17.9 Å². The number of nitrogens with zero attached hydrogens (tertiary/aromatic N) is 2. The maximum Gasteiger partial charge on any atom is 0.205 e. The van der Waals surface area contributed by atoms with Gasteiger partial charge in [-0.3, -0.25) is 4.40 Å². The van der Waals surface area contributed by atoms with E-state index >= 15 is 0 Å². The highest BCUT2D eigenvalue weighted by Gasteiger charge is 2.12. The molecule has 0 unspecified atom stereocenters. The highest BCUT2D eigenvalue weighted by atomic mass is 32.1. The highest BCUT2D eigenvalue weighted by Crippen LogP contribution is 2.33. The molecule has 0 aliphatic carbocycles. The lowest BCUT2D eigenvalue weighted by Crippen LogP contribution is -1.92. The Kier molecular flexibility index (Phi) is 4.41. The molecule has 5 nitrogen and oxygen atoms in total. The third-order valence-corrected chi connectivity index (χ3v) is 4.84. The molecule has 0 saturated heterocycles. The molecule has 1 N–H and O–H groups in total. The fraction of sp³-hybridized carbons (Fsp3) is 0.143. The van der Waals surface area contributed by atoms with Gasteiger partial charge in [0.05, 0.1) is 19.9 Å². The molecule has 0 spiro atoms.